The minimum atomic E-state index is -0.241. The summed E-state index contributed by atoms with van der Waals surface area (Å²) in [6.07, 6.45) is 8.14. The first-order valence-electron chi connectivity index (χ1n) is 11.9. The fourth-order valence-electron chi connectivity index (χ4n) is 4.73. The molecule has 6 heteroatoms. The lowest BCUT2D eigenvalue weighted by Crippen LogP contribution is -2.43. The number of halogens is 1. The van der Waals surface area contributed by atoms with Crippen molar-refractivity contribution in [2.45, 2.75) is 44.7 Å². The van der Waals surface area contributed by atoms with Gasteiger partial charge in [0.1, 0.15) is 5.82 Å². The van der Waals surface area contributed by atoms with Crippen LogP contribution in [-0.2, 0) is 0 Å². The summed E-state index contributed by atoms with van der Waals surface area (Å²) in [6, 6.07) is 19.2. The molecule has 1 aliphatic heterocycles. The van der Waals surface area contributed by atoms with E-state index in [1.165, 1.54) is 18.6 Å². The summed E-state index contributed by atoms with van der Waals surface area (Å²) >= 11 is 0. The van der Waals surface area contributed by atoms with E-state index in [4.69, 9.17) is 9.98 Å². The maximum atomic E-state index is 13.7. The van der Waals surface area contributed by atoms with Crippen LogP contribution in [0.1, 0.15) is 31.4 Å². The normalized spacial score (nSPS) is 22.0. The zero-order valence-corrected chi connectivity index (χ0v) is 19.1. The fourth-order valence-corrected chi connectivity index (χ4v) is 4.73. The van der Waals surface area contributed by atoms with Gasteiger partial charge in [-0.3, -0.25) is 9.98 Å². The number of nitrogens with zero attached hydrogens (tertiary/aromatic N) is 4. The van der Waals surface area contributed by atoms with Gasteiger partial charge in [0.25, 0.3) is 0 Å². The Kier molecular flexibility index (Phi) is 5.21. The molecular weight excluding hydrogens is 425 g/mol. The van der Waals surface area contributed by atoms with Crippen molar-refractivity contribution in [2.75, 3.05) is 10.2 Å². The molecule has 5 nitrogen and oxygen atoms in total. The van der Waals surface area contributed by atoms with Gasteiger partial charge in [-0.2, -0.15) is 0 Å². The number of aryl methyl sites for hydroxylation is 1. The number of aromatic nitrogens is 1. The van der Waals surface area contributed by atoms with Gasteiger partial charge in [0.05, 0.1) is 46.3 Å². The van der Waals surface area contributed by atoms with Crippen molar-refractivity contribution >= 4 is 34.2 Å². The SMILES string of the molecule is Cc1ncccc1N=C1CC2Nc3ccccc3N(c3ccc(F)cc3)C2=CC1=NC1CCC1. The second kappa shape index (κ2) is 8.52. The van der Waals surface area contributed by atoms with Gasteiger partial charge >= 0.3 is 0 Å². The highest BCUT2D eigenvalue weighted by atomic mass is 19.1. The van der Waals surface area contributed by atoms with Crippen LogP contribution in [0.2, 0.25) is 0 Å². The Morgan fingerprint density at radius 2 is 1.85 bits per heavy atom. The highest BCUT2D eigenvalue weighted by Crippen LogP contribution is 2.43. The molecule has 0 saturated heterocycles. The molecule has 1 atom stereocenters. The lowest BCUT2D eigenvalue weighted by molar-refractivity contribution is 0.421. The van der Waals surface area contributed by atoms with Crippen LogP contribution in [0.15, 0.2) is 88.6 Å². The molecule has 34 heavy (non-hydrogen) atoms. The Morgan fingerprint density at radius 3 is 2.62 bits per heavy atom. The first kappa shape index (κ1) is 20.8. The quantitative estimate of drug-likeness (QED) is 0.494. The van der Waals surface area contributed by atoms with Crippen LogP contribution in [0.5, 0.6) is 0 Å². The van der Waals surface area contributed by atoms with Crippen LogP contribution in [0.3, 0.4) is 0 Å². The number of hydrogen-bond acceptors (Lipinski definition) is 5. The third kappa shape index (κ3) is 3.79. The van der Waals surface area contributed by atoms with E-state index >= 15 is 0 Å². The van der Waals surface area contributed by atoms with E-state index in [0.717, 1.165) is 58.4 Å². The van der Waals surface area contributed by atoms with E-state index in [-0.39, 0.29) is 11.9 Å². The van der Waals surface area contributed by atoms with Gasteiger partial charge in [0, 0.05) is 24.0 Å². The number of anilines is 3. The van der Waals surface area contributed by atoms with Gasteiger partial charge in [0.15, 0.2) is 0 Å². The Labute approximate surface area is 198 Å². The first-order valence-corrected chi connectivity index (χ1v) is 11.9. The Balaban J connectivity index is 1.50. The van der Waals surface area contributed by atoms with E-state index < -0.39 is 0 Å². The summed E-state index contributed by atoms with van der Waals surface area (Å²) in [4.78, 5) is 16.8. The molecule has 0 amide bonds. The van der Waals surface area contributed by atoms with Crippen LogP contribution in [0, 0.1) is 12.7 Å². The molecule has 6 rings (SSSR count). The van der Waals surface area contributed by atoms with E-state index in [2.05, 4.69) is 33.4 Å². The second-order valence-corrected chi connectivity index (χ2v) is 9.06. The maximum absolute atomic E-state index is 13.7. The molecule has 1 aromatic heterocycles. The average molecular weight is 452 g/mol. The van der Waals surface area contributed by atoms with Gasteiger partial charge in [-0.1, -0.05) is 12.1 Å². The summed E-state index contributed by atoms with van der Waals surface area (Å²) in [5, 5.41) is 3.71. The van der Waals surface area contributed by atoms with Crippen molar-refractivity contribution < 1.29 is 4.39 Å². The molecule has 0 bridgehead atoms. The van der Waals surface area contributed by atoms with Crippen molar-refractivity contribution in [3.05, 3.63) is 90.1 Å². The molecule has 3 aromatic rings. The zero-order chi connectivity index (χ0) is 23.1. The third-order valence-electron chi connectivity index (χ3n) is 6.78. The molecule has 0 radical (unpaired) electrons. The molecule has 1 N–H and O–H groups in total. The number of para-hydroxylation sites is 2. The summed E-state index contributed by atoms with van der Waals surface area (Å²) in [7, 11) is 0. The van der Waals surface area contributed by atoms with Gasteiger partial charge < -0.3 is 10.2 Å². The van der Waals surface area contributed by atoms with E-state index in [0.29, 0.717) is 12.5 Å². The van der Waals surface area contributed by atoms with Crippen molar-refractivity contribution in [3.63, 3.8) is 0 Å². The highest BCUT2D eigenvalue weighted by Gasteiger charge is 2.35. The number of pyridine rings is 1. The lowest BCUT2D eigenvalue weighted by Gasteiger charge is -2.42. The molecular formula is C28H26FN5. The summed E-state index contributed by atoms with van der Waals surface area (Å²) in [6.45, 7) is 1.98. The van der Waals surface area contributed by atoms with Gasteiger partial charge in [0.2, 0.25) is 0 Å². The number of nitrogens with one attached hydrogen (secondary N) is 1. The molecule has 2 heterocycles. The van der Waals surface area contributed by atoms with Crippen LogP contribution in [0.25, 0.3) is 0 Å². The third-order valence-corrected chi connectivity index (χ3v) is 6.78. The van der Waals surface area contributed by atoms with Crippen LogP contribution >= 0.6 is 0 Å². The predicted molar refractivity (Wildman–Crippen MR) is 136 cm³/mol. The highest BCUT2D eigenvalue weighted by molar-refractivity contribution is 6.48. The Bertz CT molecular complexity index is 1320. The zero-order valence-electron chi connectivity index (χ0n) is 19.1. The number of aliphatic imine (C=N–C) groups is 2. The molecule has 3 aliphatic rings. The number of allylic oxidation sites excluding steroid dienone is 1. The molecule has 1 saturated carbocycles. The van der Waals surface area contributed by atoms with Gasteiger partial charge in [-0.05, 0) is 80.8 Å². The monoisotopic (exact) mass is 451 g/mol. The number of rotatable bonds is 3. The fraction of sp³-hybridized carbons (Fsp3) is 0.250. The molecule has 1 fully saturated rings. The number of fused-ring (bicyclic) bond motifs is 2. The summed E-state index contributed by atoms with van der Waals surface area (Å²) in [5.74, 6) is -0.241. The van der Waals surface area contributed by atoms with Gasteiger partial charge in [-0.15, -0.1) is 0 Å². The molecule has 1 unspecified atom stereocenters. The molecule has 2 aromatic carbocycles. The largest absolute Gasteiger partial charge is 0.375 e. The second-order valence-electron chi connectivity index (χ2n) is 9.06. The minimum Gasteiger partial charge on any atom is -0.375 e. The van der Waals surface area contributed by atoms with E-state index in [9.17, 15) is 4.39 Å². The van der Waals surface area contributed by atoms with Crippen molar-refractivity contribution in [3.8, 4) is 0 Å². The maximum Gasteiger partial charge on any atom is 0.123 e. The van der Waals surface area contributed by atoms with E-state index in [1.807, 2.05) is 43.3 Å². The molecule has 0 spiro atoms. The molecule has 170 valence electrons. The van der Waals surface area contributed by atoms with Crippen LogP contribution in [0.4, 0.5) is 27.1 Å². The lowest BCUT2D eigenvalue weighted by atomic mass is 9.89. The first-order chi connectivity index (χ1) is 16.7. The number of benzene rings is 2. The van der Waals surface area contributed by atoms with Crippen molar-refractivity contribution in [1.82, 2.24) is 4.98 Å². The smallest absolute Gasteiger partial charge is 0.123 e. The predicted octanol–water partition coefficient (Wildman–Crippen LogP) is 6.52. The Morgan fingerprint density at radius 1 is 1.03 bits per heavy atom. The standard InChI is InChI=1S/C28H26FN5/c1-18-22(9-5-15-30-18)32-24-16-26-28(17-25(24)31-20-6-4-7-20)34(21-13-11-19(29)12-14-21)27-10-3-2-8-23(27)33-26/h2-3,5,8-15,17,20,26,33H,4,6-7,16H2,1H3. The topological polar surface area (TPSA) is 52.9 Å². The number of hydrogen-bond donors (Lipinski definition) is 1. The average Bonchev–Trinajstić information content (AvgIpc) is 2.82. The van der Waals surface area contributed by atoms with Crippen molar-refractivity contribution in [1.29, 1.82) is 0 Å². The van der Waals surface area contributed by atoms with Crippen LogP contribution in [-0.4, -0.2) is 28.5 Å². The Hall–Kier alpha value is -3.80. The minimum absolute atomic E-state index is 0.0241. The summed E-state index contributed by atoms with van der Waals surface area (Å²) < 4.78 is 13.7. The summed E-state index contributed by atoms with van der Waals surface area (Å²) in [5.41, 5.74) is 7.82. The van der Waals surface area contributed by atoms with Gasteiger partial charge in [-0.25, -0.2) is 9.38 Å². The van der Waals surface area contributed by atoms with E-state index in [1.54, 1.807) is 6.20 Å². The van der Waals surface area contributed by atoms with Crippen molar-refractivity contribution in [2.24, 2.45) is 9.98 Å². The van der Waals surface area contributed by atoms with Crippen LogP contribution < -0.4 is 10.2 Å². The molecule has 2 aliphatic carbocycles.